The van der Waals surface area contributed by atoms with E-state index in [0.717, 1.165) is 25.9 Å². The van der Waals surface area contributed by atoms with Crippen LogP contribution in [0.3, 0.4) is 0 Å². The highest BCUT2D eigenvalue weighted by Gasteiger charge is 2.47. The van der Waals surface area contributed by atoms with E-state index >= 15 is 0 Å². The maximum atomic E-state index is 11.7. The first-order chi connectivity index (χ1) is 6.24. The Hall–Kier alpha value is -0.610. The van der Waals surface area contributed by atoms with Gasteiger partial charge in [-0.3, -0.25) is 9.69 Å². The van der Waals surface area contributed by atoms with Crippen LogP contribution in [-0.2, 0) is 4.79 Å². The van der Waals surface area contributed by atoms with E-state index in [2.05, 4.69) is 4.90 Å². The van der Waals surface area contributed by atoms with Gasteiger partial charge in [-0.05, 0) is 26.4 Å². The van der Waals surface area contributed by atoms with Gasteiger partial charge in [0.1, 0.15) is 0 Å². The number of nitrogens with two attached hydrogens (primary N) is 1. The molecule has 2 heterocycles. The summed E-state index contributed by atoms with van der Waals surface area (Å²) in [6.45, 7) is 2.57. The average molecular weight is 183 g/mol. The Bertz CT molecular complexity index is 219. The molecule has 0 radical (unpaired) electrons. The summed E-state index contributed by atoms with van der Waals surface area (Å²) in [5.74, 6) is 0.312. The molecule has 4 nitrogen and oxygen atoms in total. The van der Waals surface area contributed by atoms with Gasteiger partial charge in [-0.25, -0.2) is 0 Å². The average Bonchev–Trinajstić information content (AvgIpc) is 2.59. The summed E-state index contributed by atoms with van der Waals surface area (Å²) in [4.78, 5) is 15.9. The third-order valence-electron chi connectivity index (χ3n) is 3.14. The van der Waals surface area contributed by atoms with Crippen LogP contribution in [0.1, 0.15) is 12.8 Å². The minimum absolute atomic E-state index is 0.169. The van der Waals surface area contributed by atoms with Gasteiger partial charge < -0.3 is 10.6 Å². The standard InChI is InChI=1S/C9H17N3O/c1-11-6-7-5-8(11)9(13)12(7)4-2-3-10/h7-8H,2-6,10H2,1H3. The highest BCUT2D eigenvalue weighted by Crippen LogP contribution is 2.30. The molecule has 2 unspecified atom stereocenters. The summed E-state index contributed by atoms with van der Waals surface area (Å²) in [7, 11) is 2.03. The monoisotopic (exact) mass is 183 g/mol. The number of likely N-dealkylation sites (tertiary alicyclic amines) is 2. The van der Waals surface area contributed by atoms with E-state index in [-0.39, 0.29) is 6.04 Å². The maximum absolute atomic E-state index is 11.7. The zero-order valence-corrected chi connectivity index (χ0v) is 8.07. The smallest absolute Gasteiger partial charge is 0.240 e. The van der Waals surface area contributed by atoms with Crippen LogP contribution in [0.5, 0.6) is 0 Å². The maximum Gasteiger partial charge on any atom is 0.240 e. The van der Waals surface area contributed by atoms with E-state index in [9.17, 15) is 4.79 Å². The molecule has 4 heteroatoms. The third kappa shape index (κ3) is 1.34. The molecule has 1 amide bonds. The Morgan fingerprint density at radius 1 is 1.62 bits per heavy atom. The predicted octanol–water partition coefficient (Wildman–Crippen LogP) is -0.750. The fraction of sp³-hybridized carbons (Fsp3) is 0.889. The molecule has 2 saturated heterocycles. The van der Waals surface area contributed by atoms with Crippen LogP contribution in [0.25, 0.3) is 0 Å². The van der Waals surface area contributed by atoms with Gasteiger partial charge in [0.15, 0.2) is 0 Å². The number of piperazine rings is 1. The quantitative estimate of drug-likeness (QED) is 0.626. The normalized spacial score (nSPS) is 33.4. The summed E-state index contributed by atoms with van der Waals surface area (Å²) in [6.07, 6.45) is 1.96. The van der Waals surface area contributed by atoms with Gasteiger partial charge in [0.2, 0.25) is 5.91 Å². The lowest BCUT2D eigenvalue weighted by molar-refractivity contribution is -0.135. The Kier molecular flexibility index (Phi) is 2.26. The van der Waals surface area contributed by atoms with Crippen molar-refractivity contribution in [2.45, 2.75) is 24.9 Å². The summed E-state index contributed by atoms with van der Waals surface area (Å²) in [6, 6.07) is 0.636. The molecule has 13 heavy (non-hydrogen) atoms. The predicted molar refractivity (Wildman–Crippen MR) is 50.2 cm³/mol. The first kappa shape index (κ1) is 8.97. The molecule has 0 spiro atoms. The highest BCUT2D eigenvalue weighted by molar-refractivity contribution is 5.85. The van der Waals surface area contributed by atoms with Gasteiger partial charge >= 0.3 is 0 Å². The van der Waals surface area contributed by atoms with Crippen molar-refractivity contribution < 1.29 is 4.79 Å². The van der Waals surface area contributed by atoms with Gasteiger partial charge in [0.25, 0.3) is 0 Å². The van der Waals surface area contributed by atoms with Gasteiger partial charge in [0.05, 0.1) is 6.04 Å². The van der Waals surface area contributed by atoms with Crippen molar-refractivity contribution in [2.24, 2.45) is 5.73 Å². The molecule has 0 aromatic carbocycles. The molecule has 0 aliphatic carbocycles. The fourth-order valence-corrected chi connectivity index (χ4v) is 2.41. The fourth-order valence-electron chi connectivity index (χ4n) is 2.41. The van der Waals surface area contributed by atoms with Crippen molar-refractivity contribution in [1.82, 2.24) is 9.80 Å². The van der Waals surface area contributed by atoms with Crippen LogP contribution >= 0.6 is 0 Å². The lowest BCUT2D eigenvalue weighted by atomic mass is 10.2. The molecule has 2 bridgehead atoms. The number of fused-ring (bicyclic) bond motifs is 2. The second-order valence-electron chi connectivity index (χ2n) is 4.02. The lowest BCUT2D eigenvalue weighted by Crippen LogP contribution is -2.49. The zero-order valence-electron chi connectivity index (χ0n) is 8.07. The number of likely N-dealkylation sites (N-methyl/N-ethyl adjacent to an activating group) is 1. The zero-order chi connectivity index (χ0) is 9.42. The molecule has 0 saturated carbocycles. The van der Waals surface area contributed by atoms with E-state index in [4.69, 9.17) is 5.73 Å². The second-order valence-corrected chi connectivity index (χ2v) is 4.02. The number of amides is 1. The number of carbonyl (C=O) groups is 1. The molecule has 0 aromatic rings. The summed E-state index contributed by atoms with van der Waals surface area (Å²) in [5.41, 5.74) is 5.43. The first-order valence-corrected chi connectivity index (χ1v) is 4.95. The minimum Gasteiger partial charge on any atom is -0.337 e. The summed E-state index contributed by atoms with van der Waals surface area (Å²) < 4.78 is 0. The highest BCUT2D eigenvalue weighted by atomic mass is 16.2. The summed E-state index contributed by atoms with van der Waals surface area (Å²) >= 11 is 0. The number of hydrogen-bond acceptors (Lipinski definition) is 3. The second kappa shape index (κ2) is 3.27. The molecular weight excluding hydrogens is 166 g/mol. The minimum atomic E-state index is 0.169. The van der Waals surface area contributed by atoms with E-state index < -0.39 is 0 Å². The van der Waals surface area contributed by atoms with Crippen LogP contribution in [0, 0.1) is 0 Å². The van der Waals surface area contributed by atoms with E-state index in [0.29, 0.717) is 18.5 Å². The number of rotatable bonds is 3. The molecule has 2 rings (SSSR count). The Labute approximate surface area is 78.7 Å². The van der Waals surface area contributed by atoms with Crippen molar-refractivity contribution in [3.05, 3.63) is 0 Å². The molecule has 2 fully saturated rings. The van der Waals surface area contributed by atoms with Crippen molar-refractivity contribution >= 4 is 5.91 Å². The topological polar surface area (TPSA) is 49.6 Å². The van der Waals surface area contributed by atoms with Gasteiger partial charge in [-0.1, -0.05) is 0 Å². The van der Waals surface area contributed by atoms with Crippen LogP contribution in [0.15, 0.2) is 0 Å². The Morgan fingerprint density at radius 3 is 2.92 bits per heavy atom. The summed E-state index contributed by atoms with van der Waals surface area (Å²) in [5, 5.41) is 0. The van der Waals surface area contributed by atoms with E-state index in [1.807, 2.05) is 11.9 Å². The van der Waals surface area contributed by atoms with Crippen molar-refractivity contribution in [2.75, 3.05) is 26.7 Å². The van der Waals surface area contributed by atoms with Crippen LogP contribution in [0.2, 0.25) is 0 Å². The SMILES string of the molecule is CN1CC2CC1C(=O)N2CCCN. The largest absolute Gasteiger partial charge is 0.337 e. The van der Waals surface area contributed by atoms with Crippen LogP contribution in [-0.4, -0.2) is 54.5 Å². The van der Waals surface area contributed by atoms with Gasteiger partial charge in [-0.2, -0.15) is 0 Å². The first-order valence-electron chi connectivity index (χ1n) is 4.95. The number of hydrogen-bond donors (Lipinski definition) is 1. The number of carbonyl (C=O) groups excluding carboxylic acids is 1. The van der Waals surface area contributed by atoms with Crippen LogP contribution < -0.4 is 5.73 Å². The molecule has 2 atom stereocenters. The Balaban J connectivity index is 1.97. The third-order valence-corrected chi connectivity index (χ3v) is 3.14. The van der Waals surface area contributed by atoms with Crippen molar-refractivity contribution in [3.8, 4) is 0 Å². The molecule has 2 aliphatic rings. The van der Waals surface area contributed by atoms with Crippen molar-refractivity contribution in [3.63, 3.8) is 0 Å². The number of nitrogens with zero attached hydrogens (tertiary/aromatic N) is 2. The van der Waals surface area contributed by atoms with Crippen molar-refractivity contribution in [1.29, 1.82) is 0 Å². The molecule has 2 aliphatic heterocycles. The van der Waals surface area contributed by atoms with Crippen LogP contribution in [0.4, 0.5) is 0 Å². The Morgan fingerprint density at radius 2 is 2.38 bits per heavy atom. The lowest BCUT2D eigenvalue weighted by Gasteiger charge is -2.31. The molecular formula is C9H17N3O. The van der Waals surface area contributed by atoms with E-state index in [1.54, 1.807) is 0 Å². The molecule has 2 N–H and O–H groups in total. The van der Waals surface area contributed by atoms with Gasteiger partial charge in [0, 0.05) is 19.1 Å². The molecule has 0 aromatic heterocycles. The molecule has 74 valence electrons. The van der Waals surface area contributed by atoms with E-state index in [1.165, 1.54) is 0 Å². The van der Waals surface area contributed by atoms with Gasteiger partial charge in [-0.15, -0.1) is 0 Å².